The first-order valence-corrected chi connectivity index (χ1v) is 6.99. The van der Waals surface area contributed by atoms with Crippen molar-refractivity contribution in [2.75, 3.05) is 12.3 Å². The van der Waals surface area contributed by atoms with E-state index in [0.717, 1.165) is 11.1 Å². The Kier molecular flexibility index (Phi) is 5.35. The standard InChI is InChI=1S/C17H20N2O2/c18-15-8-4-5-13(11-15)9-10-17(21)19-12-16(20)14-6-2-1-3-7-14/h1-8,11,16,20H,9-10,12,18H2,(H,19,21). The molecule has 0 saturated carbocycles. The largest absolute Gasteiger partial charge is 0.399 e. The number of nitrogens with two attached hydrogens (primary N) is 1. The van der Waals surface area contributed by atoms with Crippen LogP contribution < -0.4 is 11.1 Å². The first kappa shape index (κ1) is 15.1. The number of carbonyl (C=O) groups is 1. The van der Waals surface area contributed by atoms with E-state index in [1.165, 1.54) is 0 Å². The lowest BCUT2D eigenvalue weighted by Crippen LogP contribution is -2.28. The van der Waals surface area contributed by atoms with Gasteiger partial charge < -0.3 is 16.2 Å². The first-order valence-electron chi connectivity index (χ1n) is 6.99. The van der Waals surface area contributed by atoms with Gasteiger partial charge in [-0.05, 0) is 29.7 Å². The maximum absolute atomic E-state index is 11.8. The number of anilines is 1. The highest BCUT2D eigenvalue weighted by atomic mass is 16.3. The Hall–Kier alpha value is -2.33. The van der Waals surface area contributed by atoms with Gasteiger partial charge in [0, 0.05) is 18.7 Å². The Morgan fingerprint density at radius 2 is 1.90 bits per heavy atom. The molecule has 0 aromatic heterocycles. The zero-order chi connectivity index (χ0) is 15.1. The van der Waals surface area contributed by atoms with Crippen molar-refractivity contribution in [2.24, 2.45) is 0 Å². The minimum absolute atomic E-state index is 0.0765. The molecule has 4 heteroatoms. The minimum atomic E-state index is -0.678. The smallest absolute Gasteiger partial charge is 0.220 e. The summed E-state index contributed by atoms with van der Waals surface area (Å²) in [5.41, 5.74) is 8.23. The van der Waals surface area contributed by atoms with Crippen molar-refractivity contribution < 1.29 is 9.90 Å². The molecule has 21 heavy (non-hydrogen) atoms. The average Bonchev–Trinajstić information content (AvgIpc) is 2.51. The summed E-state index contributed by atoms with van der Waals surface area (Å²) in [6.45, 7) is 0.222. The third kappa shape index (κ3) is 4.93. The number of benzene rings is 2. The van der Waals surface area contributed by atoms with E-state index in [2.05, 4.69) is 5.32 Å². The third-order valence-electron chi connectivity index (χ3n) is 3.27. The molecule has 1 atom stereocenters. The van der Waals surface area contributed by atoms with Crippen LogP contribution in [0.4, 0.5) is 5.69 Å². The molecule has 2 aromatic rings. The maximum Gasteiger partial charge on any atom is 0.220 e. The van der Waals surface area contributed by atoms with Crippen molar-refractivity contribution in [1.29, 1.82) is 0 Å². The predicted molar refractivity (Wildman–Crippen MR) is 83.6 cm³/mol. The summed E-state index contributed by atoms with van der Waals surface area (Å²) in [5, 5.41) is 12.7. The summed E-state index contributed by atoms with van der Waals surface area (Å²) < 4.78 is 0. The Bertz CT molecular complexity index is 584. The van der Waals surface area contributed by atoms with Gasteiger partial charge in [-0.3, -0.25) is 4.79 Å². The molecule has 0 aliphatic heterocycles. The van der Waals surface area contributed by atoms with E-state index in [0.29, 0.717) is 18.5 Å². The number of amides is 1. The third-order valence-corrected chi connectivity index (χ3v) is 3.27. The van der Waals surface area contributed by atoms with Crippen LogP contribution in [0.1, 0.15) is 23.7 Å². The number of aliphatic hydroxyl groups is 1. The molecule has 1 unspecified atom stereocenters. The molecule has 110 valence electrons. The van der Waals surface area contributed by atoms with Gasteiger partial charge in [0.05, 0.1) is 6.10 Å². The number of rotatable bonds is 6. The van der Waals surface area contributed by atoms with Gasteiger partial charge in [-0.15, -0.1) is 0 Å². The second-order valence-electron chi connectivity index (χ2n) is 4.98. The topological polar surface area (TPSA) is 75.4 Å². The summed E-state index contributed by atoms with van der Waals surface area (Å²) in [7, 11) is 0. The Morgan fingerprint density at radius 3 is 2.62 bits per heavy atom. The fourth-order valence-corrected chi connectivity index (χ4v) is 2.10. The molecule has 2 rings (SSSR count). The van der Waals surface area contributed by atoms with E-state index < -0.39 is 6.10 Å². The fraction of sp³-hybridized carbons (Fsp3) is 0.235. The molecule has 4 N–H and O–H groups in total. The highest BCUT2D eigenvalue weighted by Crippen LogP contribution is 2.11. The van der Waals surface area contributed by atoms with Gasteiger partial charge in [-0.2, -0.15) is 0 Å². The van der Waals surface area contributed by atoms with Crippen molar-refractivity contribution in [3.05, 3.63) is 65.7 Å². The number of carbonyl (C=O) groups excluding carboxylic acids is 1. The van der Waals surface area contributed by atoms with Gasteiger partial charge in [0.2, 0.25) is 5.91 Å². The first-order chi connectivity index (χ1) is 10.1. The summed E-state index contributed by atoms with van der Waals surface area (Å²) in [4.78, 5) is 11.8. The van der Waals surface area contributed by atoms with Gasteiger partial charge in [-0.25, -0.2) is 0 Å². The average molecular weight is 284 g/mol. The maximum atomic E-state index is 11.8. The molecular formula is C17H20N2O2. The van der Waals surface area contributed by atoms with Crippen LogP contribution in [0.25, 0.3) is 0 Å². The lowest BCUT2D eigenvalue weighted by Gasteiger charge is -2.12. The molecule has 4 nitrogen and oxygen atoms in total. The number of aryl methyl sites for hydroxylation is 1. The molecule has 0 saturated heterocycles. The van der Waals surface area contributed by atoms with Crippen LogP contribution in [0.5, 0.6) is 0 Å². The van der Waals surface area contributed by atoms with E-state index in [1.807, 2.05) is 54.6 Å². The van der Waals surface area contributed by atoms with Gasteiger partial charge >= 0.3 is 0 Å². The molecule has 1 amide bonds. The van der Waals surface area contributed by atoms with Gasteiger partial charge in [0.15, 0.2) is 0 Å². The predicted octanol–water partition coefficient (Wildman–Crippen LogP) is 2.05. The molecule has 0 spiro atoms. The molecule has 0 bridgehead atoms. The minimum Gasteiger partial charge on any atom is -0.399 e. The second kappa shape index (κ2) is 7.45. The lowest BCUT2D eigenvalue weighted by molar-refractivity contribution is -0.121. The van der Waals surface area contributed by atoms with Crippen LogP contribution in [-0.2, 0) is 11.2 Å². The van der Waals surface area contributed by atoms with Crippen LogP contribution in [0.3, 0.4) is 0 Å². The van der Waals surface area contributed by atoms with Crippen LogP contribution in [0.2, 0.25) is 0 Å². The summed E-state index contributed by atoms with van der Waals surface area (Å²) in [6, 6.07) is 16.8. The molecule has 0 fully saturated rings. The highest BCUT2D eigenvalue weighted by Gasteiger charge is 2.09. The summed E-state index contributed by atoms with van der Waals surface area (Å²) >= 11 is 0. The fourth-order valence-electron chi connectivity index (χ4n) is 2.10. The number of nitrogens with one attached hydrogen (secondary N) is 1. The summed E-state index contributed by atoms with van der Waals surface area (Å²) in [6.07, 6.45) is 0.339. The quantitative estimate of drug-likeness (QED) is 0.711. The Morgan fingerprint density at radius 1 is 1.14 bits per heavy atom. The number of aliphatic hydroxyl groups excluding tert-OH is 1. The van der Waals surface area contributed by atoms with Crippen LogP contribution in [0, 0.1) is 0 Å². The Labute approximate surface area is 124 Å². The van der Waals surface area contributed by atoms with Crippen molar-refractivity contribution in [3.63, 3.8) is 0 Å². The molecule has 2 aromatic carbocycles. The number of hydrogen-bond donors (Lipinski definition) is 3. The monoisotopic (exact) mass is 284 g/mol. The lowest BCUT2D eigenvalue weighted by atomic mass is 10.1. The van der Waals surface area contributed by atoms with Gasteiger partial charge in [0.1, 0.15) is 0 Å². The van der Waals surface area contributed by atoms with E-state index >= 15 is 0 Å². The normalized spacial score (nSPS) is 11.9. The zero-order valence-corrected chi connectivity index (χ0v) is 11.8. The molecule has 0 aliphatic carbocycles. The molecule has 0 heterocycles. The van der Waals surface area contributed by atoms with Crippen LogP contribution in [-0.4, -0.2) is 17.6 Å². The van der Waals surface area contributed by atoms with E-state index in [1.54, 1.807) is 0 Å². The van der Waals surface area contributed by atoms with Gasteiger partial charge in [-0.1, -0.05) is 42.5 Å². The number of nitrogen functional groups attached to an aromatic ring is 1. The van der Waals surface area contributed by atoms with Crippen LogP contribution in [0.15, 0.2) is 54.6 Å². The highest BCUT2D eigenvalue weighted by molar-refractivity contribution is 5.76. The van der Waals surface area contributed by atoms with E-state index in [-0.39, 0.29) is 12.5 Å². The van der Waals surface area contributed by atoms with Crippen LogP contribution >= 0.6 is 0 Å². The summed E-state index contributed by atoms with van der Waals surface area (Å²) in [5.74, 6) is -0.0765. The van der Waals surface area contributed by atoms with Crippen molar-refractivity contribution in [1.82, 2.24) is 5.32 Å². The SMILES string of the molecule is Nc1cccc(CCC(=O)NCC(O)c2ccccc2)c1. The van der Waals surface area contributed by atoms with E-state index in [9.17, 15) is 9.90 Å². The van der Waals surface area contributed by atoms with E-state index in [4.69, 9.17) is 5.73 Å². The van der Waals surface area contributed by atoms with Crippen molar-refractivity contribution >= 4 is 11.6 Å². The zero-order valence-electron chi connectivity index (χ0n) is 11.8. The molecule has 0 aliphatic rings. The van der Waals surface area contributed by atoms with Crippen molar-refractivity contribution in [2.45, 2.75) is 18.9 Å². The van der Waals surface area contributed by atoms with Gasteiger partial charge in [0.25, 0.3) is 0 Å². The number of hydrogen-bond acceptors (Lipinski definition) is 3. The molecule has 0 radical (unpaired) electrons. The Balaban J connectivity index is 1.75. The molecular weight excluding hydrogens is 264 g/mol. The second-order valence-corrected chi connectivity index (χ2v) is 4.98. The van der Waals surface area contributed by atoms with Crippen molar-refractivity contribution in [3.8, 4) is 0 Å².